The van der Waals surface area contributed by atoms with Crippen molar-refractivity contribution in [3.63, 3.8) is 0 Å². The highest BCUT2D eigenvalue weighted by molar-refractivity contribution is 5.29. The molecule has 1 N–H and O–H groups in total. The summed E-state index contributed by atoms with van der Waals surface area (Å²) in [6.07, 6.45) is 3.99. The van der Waals surface area contributed by atoms with Gasteiger partial charge >= 0.3 is 0 Å². The first-order valence-corrected chi connectivity index (χ1v) is 7.15. The molecule has 1 aliphatic carbocycles. The van der Waals surface area contributed by atoms with E-state index in [-0.39, 0.29) is 0 Å². The van der Waals surface area contributed by atoms with Gasteiger partial charge in [0.2, 0.25) is 0 Å². The summed E-state index contributed by atoms with van der Waals surface area (Å²) in [6, 6.07) is 8.57. The van der Waals surface area contributed by atoms with Crippen LogP contribution in [0, 0.1) is 5.41 Å². The summed E-state index contributed by atoms with van der Waals surface area (Å²) >= 11 is 0. The van der Waals surface area contributed by atoms with Crippen molar-refractivity contribution in [2.45, 2.75) is 64.9 Å². The number of benzene rings is 1. The van der Waals surface area contributed by atoms with E-state index in [9.17, 15) is 5.11 Å². The first kappa shape index (κ1) is 13.6. The van der Waals surface area contributed by atoms with Gasteiger partial charge in [0.05, 0.1) is 5.60 Å². The van der Waals surface area contributed by atoms with Gasteiger partial charge in [0, 0.05) is 0 Å². The zero-order valence-corrected chi connectivity index (χ0v) is 12.2. The molecular weight excluding hydrogens is 220 g/mol. The van der Waals surface area contributed by atoms with Crippen LogP contribution in [-0.4, -0.2) is 5.11 Å². The average molecular weight is 246 g/mol. The summed E-state index contributed by atoms with van der Waals surface area (Å²) in [6.45, 7) is 9.00. The molecule has 1 aromatic carbocycles. The van der Waals surface area contributed by atoms with Crippen LogP contribution in [0.4, 0.5) is 0 Å². The summed E-state index contributed by atoms with van der Waals surface area (Å²) < 4.78 is 0. The lowest BCUT2D eigenvalue weighted by Crippen LogP contribution is -2.34. The predicted molar refractivity (Wildman–Crippen MR) is 76.7 cm³/mol. The van der Waals surface area contributed by atoms with Crippen LogP contribution >= 0.6 is 0 Å². The zero-order valence-electron chi connectivity index (χ0n) is 12.2. The van der Waals surface area contributed by atoms with Gasteiger partial charge in [-0.15, -0.1) is 0 Å². The standard InChI is InChI=1S/C17H26O/c1-13(2)14-5-7-15(8-6-14)17(18)11-9-16(3,4)10-12-17/h5-8,13,18H,9-12H2,1-4H3. The summed E-state index contributed by atoms with van der Waals surface area (Å²) in [5.74, 6) is 0.555. The third kappa shape index (κ3) is 2.77. The second kappa shape index (κ2) is 4.70. The van der Waals surface area contributed by atoms with Crippen molar-refractivity contribution >= 4 is 0 Å². The van der Waals surface area contributed by atoms with Crippen LogP contribution in [0.2, 0.25) is 0 Å². The molecule has 1 fully saturated rings. The highest BCUT2D eigenvalue weighted by Crippen LogP contribution is 2.45. The highest BCUT2D eigenvalue weighted by atomic mass is 16.3. The monoisotopic (exact) mass is 246 g/mol. The van der Waals surface area contributed by atoms with E-state index < -0.39 is 5.60 Å². The van der Waals surface area contributed by atoms with Crippen molar-refractivity contribution in [2.75, 3.05) is 0 Å². The Morgan fingerprint density at radius 3 is 1.89 bits per heavy atom. The third-order valence-corrected chi connectivity index (χ3v) is 4.55. The molecule has 0 bridgehead atoms. The summed E-state index contributed by atoms with van der Waals surface area (Å²) in [4.78, 5) is 0. The van der Waals surface area contributed by atoms with E-state index in [4.69, 9.17) is 0 Å². The van der Waals surface area contributed by atoms with Gasteiger partial charge in [0.15, 0.2) is 0 Å². The van der Waals surface area contributed by atoms with E-state index in [2.05, 4.69) is 52.0 Å². The second-order valence-corrected chi connectivity index (χ2v) is 6.97. The van der Waals surface area contributed by atoms with Gasteiger partial charge in [-0.25, -0.2) is 0 Å². The largest absolute Gasteiger partial charge is 0.385 e. The van der Waals surface area contributed by atoms with Gasteiger partial charge in [-0.1, -0.05) is 52.0 Å². The Balaban J connectivity index is 2.16. The number of rotatable bonds is 2. The van der Waals surface area contributed by atoms with E-state index in [1.165, 1.54) is 5.56 Å². The van der Waals surface area contributed by atoms with Crippen molar-refractivity contribution in [3.8, 4) is 0 Å². The Morgan fingerprint density at radius 1 is 0.944 bits per heavy atom. The molecule has 0 saturated heterocycles. The minimum absolute atomic E-state index is 0.393. The molecule has 0 amide bonds. The maximum absolute atomic E-state index is 10.8. The van der Waals surface area contributed by atoms with E-state index in [1.807, 2.05) is 0 Å². The van der Waals surface area contributed by atoms with E-state index in [0.717, 1.165) is 31.2 Å². The van der Waals surface area contributed by atoms with Gasteiger partial charge in [0.25, 0.3) is 0 Å². The molecule has 0 radical (unpaired) electrons. The fraction of sp³-hybridized carbons (Fsp3) is 0.647. The minimum Gasteiger partial charge on any atom is -0.385 e. The van der Waals surface area contributed by atoms with Gasteiger partial charge in [0.1, 0.15) is 0 Å². The van der Waals surface area contributed by atoms with Gasteiger partial charge in [-0.2, -0.15) is 0 Å². The average Bonchev–Trinajstić information content (AvgIpc) is 2.34. The molecule has 1 aliphatic rings. The minimum atomic E-state index is -0.592. The molecule has 1 nitrogen and oxygen atoms in total. The fourth-order valence-electron chi connectivity index (χ4n) is 2.81. The lowest BCUT2D eigenvalue weighted by atomic mass is 9.69. The summed E-state index contributed by atoms with van der Waals surface area (Å²) in [5.41, 5.74) is 2.25. The molecule has 18 heavy (non-hydrogen) atoms. The molecule has 0 atom stereocenters. The van der Waals surface area contributed by atoms with Gasteiger partial charge < -0.3 is 5.11 Å². The molecule has 0 spiro atoms. The maximum Gasteiger partial charge on any atom is 0.0897 e. The molecule has 1 heteroatoms. The molecular formula is C17H26O. The number of aliphatic hydroxyl groups is 1. The summed E-state index contributed by atoms with van der Waals surface area (Å²) in [5, 5.41) is 10.8. The Bertz CT molecular complexity index is 390. The Labute approximate surface area is 111 Å². The third-order valence-electron chi connectivity index (χ3n) is 4.55. The lowest BCUT2D eigenvalue weighted by molar-refractivity contribution is -0.0305. The van der Waals surface area contributed by atoms with Crippen molar-refractivity contribution in [2.24, 2.45) is 5.41 Å². The first-order chi connectivity index (χ1) is 8.32. The maximum atomic E-state index is 10.8. The van der Waals surface area contributed by atoms with Crippen LogP contribution in [0.15, 0.2) is 24.3 Å². The molecule has 0 aliphatic heterocycles. The van der Waals surface area contributed by atoms with Crippen molar-refractivity contribution < 1.29 is 5.11 Å². The van der Waals surface area contributed by atoms with Gasteiger partial charge in [-0.3, -0.25) is 0 Å². The zero-order chi connectivity index (χ0) is 13.4. The van der Waals surface area contributed by atoms with Crippen molar-refractivity contribution in [3.05, 3.63) is 35.4 Å². The number of hydrogen-bond acceptors (Lipinski definition) is 1. The predicted octanol–water partition coefficient (Wildman–Crippen LogP) is 4.60. The van der Waals surface area contributed by atoms with Crippen molar-refractivity contribution in [1.29, 1.82) is 0 Å². The van der Waals surface area contributed by atoms with Crippen LogP contribution in [0.3, 0.4) is 0 Å². The van der Waals surface area contributed by atoms with Crippen LogP contribution < -0.4 is 0 Å². The molecule has 0 heterocycles. The van der Waals surface area contributed by atoms with Crippen molar-refractivity contribution in [1.82, 2.24) is 0 Å². The van der Waals surface area contributed by atoms with Crippen LogP contribution in [0.5, 0.6) is 0 Å². The SMILES string of the molecule is CC(C)c1ccc(C2(O)CCC(C)(C)CC2)cc1. The molecule has 0 unspecified atom stereocenters. The van der Waals surface area contributed by atoms with Crippen LogP contribution in [0.1, 0.15) is 70.4 Å². The van der Waals surface area contributed by atoms with Crippen LogP contribution in [0.25, 0.3) is 0 Å². The Hall–Kier alpha value is -0.820. The molecule has 100 valence electrons. The molecule has 1 aromatic rings. The summed E-state index contributed by atoms with van der Waals surface area (Å²) in [7, 11) is 0. The Morgan fingerprint density at radius 2 is 1.44 bits per heavy atom. The Kier molecular flexibility index (Phi) is 3.55. The fourth-order valence-corrected chi connectivity index (χ4v) is 2.81. The molecule has 2 rings (SSSR count). The van der Waals surface area contributed by atoms with Crippen LogP contribution in [-0.2, 0) is 5.60 Å². The lowest BCUT2D eigenvalue weighted by Gasteiger charge is -2.40. The smallest absolute Gasteiger partial charge is 0.0897 e. The van der Waals surface area contributed by atoms with E-state index in [0.29, 0.717) is 11.3 Å². The number of hydrogen-bond donors (Lipinski definition) is 1. The highest BCUT2D eigenvalue weighted by Gasteiger charge is 2.37. The van der Waals surface area contributed by atoms with E-state index in [1.54, 1.807) is 0 Å². The first-order valence-electron chi connectivity index (χ1n) is 7.15. The second-order valence-electron chi connectivity index (χ2n) is 6.97. The molecule has 1 saturated carbocycles. The normalized spacial score (nSPS) is 22.1. The topological polar surface area (TPSA) is 20.2 Å². The quantitative estimate of drug-likeness (QED) is 0.808. The molecule has 0 aromatic heterocycles. The van der Waals surface area contributed by atoms with Gasteiger partial charge in [-0.05, 0) is 48.1 Å². The van der Waals surface area contributed by atoms with E-state index >= 15 is 0 Å².